The Labute approximate surface area is 72.4 Å². The molecule has 0 radical (unpaired) electrons. The van der Waals surface area contributed by atoms with Crippen LogP contribution in [0.15, 0.2) is 0 Å². The number of rotatable bonds is 2. The van der Waals surface area contributed by atoms with Gasteiger partial charge in [-0.2, -0.15) is 0 Å². The summed E-state index contributed by atoms with van der Waals surface area (Å²) in [4.78, 5) is 10.6. The fourth-order valence-electron chi connectivity index (χ4n) is 1.83. The van der Waals surface area contributed by atoms with E-state index in [0.29, 0.717) is 24.7 Å². The molecule has 1 aliphatic carbocycles. The molecule has 1 rings (SSSR count). The molecular formula is C9H16O3. The van der Waals surface area contributed by atoms with Crippen LogP contribution in [-0.4, -0.2) is 21.8 Å². The summed E-state index contributed by atoms with van der Waals surface area (Å²) in [5.41, 5.74) is -1.44. The molecule has 0 bridgehead atoms. The van der Waals surface area contributed by atoms with Crippen LogP contribution in [-0.2, 0) is 4.79 Å². The largest absolute Gasteiger partial charge is 0.479 e. The van der Waals surface area contributed by atoms with Crippen molar-refractivity contribution < 1.29 is 15.0 Å². The topological polar surface area (TPSA) is 57.5 Å². The van der Waals surface area contributed by atoms with E-state index in [2.05, 4.69) is 13.8 Å². The van der Waals surface area contributed by atoms with E-state index >= 15 is 0 Å². The van der Waals surface area contributed by atoms with Gasteiger partial charge in [0.2, 0.25) is 0 Å². The average Bonchev–Trinajstić information content (AvgIpc) is 2.33. The molecule has 3 heteroatoms. The van der Waals surface area contributed by atoms with Crippen molar-refractivity contribution in [1.29, 1.82) is 0 Å². The van der Waals surface area contributed by atoms with Crippen molar-refractivity contribution in [2.75, 3.05) is 0 Å². The number of carboxylic acid groups (broad SMARTS) is 1. The second-order valence-corrected chi connectivity index (χ2v) is 4.08. The molecule has 2 atom stereocenters. The fourth-order valence-corrected chi connectivity index (χ4v) is 1.83. The quantitative estimate of drug-likeness (QED) is 0.659. The highest BCUT2D eigenvalue weighted by Gasteiger charge is 2.44. The summed E-state index contributed by atoms with van der Waals surface area (Å²) in [6.07, 6.45) is 1.66. The Hall–Kier alpha value is -0.570. The lowest BCUT2D eigenvalue weighted by Crippen LogP contribution is -2.35. The standard InChI is InChI=1S/C9H16O3/c1-6(2)7-3-4-9(12,5-7)8(10)11/h6-7,12H,3-5H2,1-2H3,(H,10,11). The van der Waals surface area contributed by atoms with E-state index < -0.39 is 11.6 Å². The van der Waals surface area contributed by atoms with Gasteiger partial charge >= 0.3 is 5.97 Å². The summed E-state index contributed by atoms with van der Waals surface area (Å²) < 4.78 is 0. The van der Waals surface area contributed by atoms with Crippen molar-refractivity contribution in [1.82, 2.24) is 0 Å². The van der Waals surface area contributed by atoms with Gasteiger partial charge in [0.1, 0.15) is 0 Å². The Morgan fingerprint density at radius 3 is 2.42 bits per heavy atom. The molecule has 0 heterocycles. The van der Waals surface area contributed by atoms with Crippen molar-refractivity contribution in [2.45, 2.75) is 38.7 Å². The third-order valence-corrected chi connectivity index (χ3v) is 2.87. The highest BCUT2D eigenvalue weighted by Crippen LogP contribution is 2.38. The lowest BCUT2D eigenvalue weighted by molar-refractivity contribution is -0.158. The van der Waals surface area contributed by atoms with E-state index in [1.54, 1.807) is 0 Å². The number of carboxylic acids is 1. The molecule has 1 aliphatic rings. The van der Waals surface area contributed by atoms with E-state index in [1.807, 2.05) is 0 Å². The Morgan fingerprint density at radius 2 is 2.17 bits per heavy atom. The van der Waals surface area contributed by atoms with Gasteiger partial charge in [-0.15, -0.1) is 0 Å². The first-order chi connectivity index (χ1) is 5.46. The normalized spacial score (nSPS) is 35.8. The minimum absolute atomic E-state index is 0.367. The summed E-state index contributed by atoms with van der Waals surface area (Å²) in [6.45, 7) is 4.14. The molecule has 2 unspecified atom stereocenters. The molecule has 0 aromatic rings. The Morgan fingerprint density at radius 1 is 1.58 bits per heavy atom. The Balaban J connectivity index is 2.61. The van der Waals surface area contributed by atoms with Crippen LogP contribution in [0.5, 0.6) is 0 Å². The van der Waals surface area contributed by atoms with E-state index in [1.165, 1.54) is 0 Å². The molecule has 1 saturated carbocycles. The lowest BCUT2D eigenvalue weighted by atomic mass is 9.92. The van der Waals surface area contributed by atoms with Gasteiger partial charge in [0.05, 0.1) is 0 Å². The van der Waals surface area contributed by atoms with Gasteiger partial charge in [-0.25, -0.2) is 4.79 Å². The number of carbonyl (C=O) groups is 1. The highest BCUT2D eigenvalue weighted by atomic mass is 16.4. The maximum Gasteiger partial charge on any atom is 0.335 e. The van der Waals surface area contributed by atoms with Crippen molar-refractivity contribution in [3.8, 4) is 0 Å². The molecule has 0 amide bonds. The van der Waals surface area contributed by atoms with Crippen molar-refractivity contribution in [2.24, 2.45) is 11.8 Å². The molecule has 12 heavy (non-hydrogen) atoms. The number of aliphatic hydroxyl groups is 1. The van der Waals surface area contributed by atoms with Crippen LogP contribution in [0.1, 0.15) is 33.1 Å². The van der Waals surface area contributed by atoms with Crippen LogP contribution in [0.3, 0.4) is 0 Å². The third kappa shape index (κ3) is 1.61. The Bertz CT molecular complexity index is 188. The molecule has 0 aliphatic heterocycles. The molecule has 0 spiro atoms. The zero-order valence-corrected chi connectivity index (χ0v) is 7.58. The van der Waals surface area contributed by atoms with Gasteiger partial charge in [0.25, 0.3) is 0 Å². The SMILES string of the molecule is CC(C)C1CCC(O)(C(=O)O)C1. The molecule has 70 valence electrons. The van der Waals surface area contributed by atoms with Crippen LogP contribution < -0.4 is 0 Å². The summed E-state index contributed by atoms with van der Waals surface area (Å²) in [5, 5.41) is 18.3. The van der Waals surface area contributed by atoms with E-state index in [9.17, 15) is 9.90 Å². The summed E-state index contributed by atoms with van der Waals surface area (Å²) in [5.74, 6) is -0.227. The predicted octanol–water partition coefficient (Wildman–Crippen LogP) is 1.26. The predicted molar refractivity (Wildman–Crippen MR) is 44.8 cm³/mol. The van der Waals surface area contributed by atoms with E-state index in [0.717, 1.165) is 6.42 Å². The maximum atomic E-state index is 10.6. The fraction of sp³-hybridized carbons (Fsp3) is 0.889. The van der Waals surface area contributed by atoms with Gasteiger partial charge in [0.15, 0.2) is 5.60 Å². The first-order valence-corrected chi connectivity index (χ1v) is 4.41. The molecule has 0 aromatic heterocycles. The maximum absolute atomic E-state index is 10.6. The monoisotopic (exact) mass is 172 g/mol. The van der Waals surface area contributed by atoms with Crippen molar-refractivity contribution in [3.05, 3.63) is 0 Å². The highest BCUT2D eigenvalue weighted by molar-refractivity contribution is 5.77. The summed E-state index contributed by atoms with van der Waals surface area (Å²) >= 11 is 0. The smallest absolute Gasteiger partial charge is 0.335 e. The lowest BCUT2D eigenvalue weighted by Gasteiger charge is -2.18. The average molecular weight is 172 g/mol. The molecule has 0 saturated heterocycles. The van der Waals surface area contributed by atoms with Gasteiger partial charge in [-0.3, -0.25) is 0 Å². The van der Waals surface area contributed by atoms with Gasteiger partial charge in [0, 0.05) is 0 Å². The van der Waals surface area contributed by atoms with E-state index in [4.69, 9.17) is 5.11 Å². The zero-order chi connectivity index (χ0) is 9.35. The zero-order valence-electron chi connectivity index (χ0n) is 7.58. The molecule has 3 nitrogen and oxygen atoms in total. The third-order valence-electron chi connectivity index (χ3n) is 2.87. The number of aliphatic carboxylic acids is 1. The second kappa shape index (κ2) is 3.05. The van der Waals surface area contributed by atoms with Gasteiger partial charge < -0.3 is 10.2 Å². The van der Waals surface area contributed by atoms with Crippen LogP contribution >= 0.6 is 0 Å². The number of hydrogen-bond donors (Lipinski definition) is 2. The molecule has 2 N–H and O–H groups in total. The van der Waals surface area contributed by atoms with Crippen molar-refractivity contribution >= 4 is 5.97 Å². The van der Waals surface area contributed by atoms with Gasteiger partial charge in [-0.05, 0) is 31.1 Å². The van der Waals surface area contributed by atoms with E-state index in [-0.39, 0.29) is 0 Å². The Kier molecular flexibility index (Phi) is 2.42. The summed E-state index contributed by atoms with van der Waals surface area (Å²) in [6, 6.07) is 0. The first kappa shape index (κ1) is 9.52. The number of hydrogen-bond acceptors (Lipinski definition) is 2. The second-order valence-electron chi connectivity index (χ2n) is 4.08. The summed E-state index contributed by atoms with van der Waals surface area (Å²) in [7, 11) is 0. The molecule has 1 fully saturated rings. The van der Waals surface area contributed by atoms with Crippen LogP contribution in [0.4, 0.5) is 0 Å². The minimum atomic E-state index is -1.44. The molecular weight excluding hydrogens is 156 g/mol. The van der Waals surface area contributed by atoms with Gasteiger partial charge in [-0.1, -0.05) is 13.8 Å². The van der Waals surface area contributed by atoms with Crippen LogP contribution in [0, 0.1) is 11.8 Å². The van der Waals surface area contributed by atoms with Crippen molar-refractivity contribution in [3.63, 3.8) is 0 Å². The van der Waals surface area contributed by atoms with Crippen LogP contribution in [0.25, 0.3) is 0 Å². The van der Waals surface area contributed by atoms with Crippen LogP contribution in [0.2, 0.25) is 0 Å². The minimum Gasteiger partial charge on any atom is -0.479 e. The first-order valence-electron chi connectivity index (χ1n) is 4.41. The molecule has 0 aromatic carbocycles.